The minimum absolute atomic E-state index is 0.116. The van der Waals surface area contributed by atoms with Crippen molar-refractivity contribution < 1.29 is 13.2 Å². The van der Waals surface area contributed by atoms with Crippen LogP contribution in [0, 0.1) is 0 Å². The SMILES string of the molecule is COc1ccc(S(=O)(=O)c2c[nH]c3ccc(Br)cc23)cc1N1CCN(C(C)(C)C)CC1. The van der Waals surface area contributed by atoms with Crippen LogP contribution in [-0.2, 0) is 9.84 Å². The van der Waals surface area contributed by atoms with Gasteiger partial charge in [-0.3, -0.25) is 4.90 Å². The number of aromatic nitrogens is 1. The van der Waals surface area contributed by atoms with Crippen LogP contribution < -0.4 is 9.64 Å². The van der Waals surface area contributed by atoms with Crippen LogP contribution in [0.1, 0.15) is 20.8 Å². The highest BCUT2D eigenvalue weighted by Gasteiger charge is 2.29. The summed E-state index contributed by atoms with van der Waals surface area (Å²) in [4.78, 5) is 8.27. The summed E-state index contributed by atoms with van der Waals surface area (Å²) >= 11 is 3.44. The molecule has 0 radical (unpaired) electrons. The third-order valence-electron chi connectivity index (χ3n) is 5.93. The molecule has 166 valence electrons. The van der Waals surface area contributed by atoms with E-state index in [0.717, 1.165) is 41.9 Å². The first kappa shape index (κ1) is 22.2. The summed E-state index contributed by atoms with van der Waals surface area (Å²) in [6.07, 6.45) is 1.57. The van der Waals surface area contributed by atoms with Gasteiger partial charge in [0.15, 0.2) is 0 Å². The Bertz CT molecular complexity index is 1210. The van der Waals surface area contributed by atoms with Crippen LogP contribution in [0.2, 0.25) is 0 Å². The molecule has 3 aromatic rings. The number of nitrogens with zero attached hydrogens (tertiary/aromatic N) is 2. The minimum atomic E-state index is -3.70. The van der Waals surface area contributed by atoms with E-state index in [4.69, 9.17) is 4.74 Å². The van der Waals surface area contributed by atoms with Crippen molar-refractivity contribution in [3.05, 3.63) is 47.1 Å². The normalized spacial score (nSPS) is 16.1. The molecule has 4 rings (SSSR count). The molecule has 31 heavy (non-hydrogen) atoms. The number of methoxy groups -OCH3 is 1. The lowest BCUT2D eigenvalue weighted by Crippen LogP contribution is -2.53. The van der Waals surface area contributed by atoms with Crippen molar-refractivity contribution in [3.8, 4) is 5.75 Å². The van der Waals surface area contributed by atoms with Gasteiger partial charge in [0, 0.05) is 53.3 Å². The number of piperazine rings is 1. The molecule has 0 bridgehead atoms. The highest BCUT2D eigenvalue weighted by molar-refractivity contribution is 9.10. The lowest BCUT2D eigenvalue weighted by molar-refractivity contribution is 0.128. The lowest BCUT2D eigenvalue weighted by atomic mass is 10.0. The maximum Gasteiger partial charge on any atom is 0.208 e. The zero-order valence-electron chi connectivity index (χ0n) is 18.3. The van der Waals surface area contributed by atoms with Crippen molar-refractivity contribution in [2.45, 2.75) is 36.1 Å². The van der Waals surface area contributed by atoms with Crippen LogP contribution >= 0.6 is 15.9 Å². The first-order valence-corrected chi connectivity index (χ1v) is 12.6. The standard InChI is InChI=1S/C23H28BrN3O3S/c1-23(2,3)27-11-9-26(10-12-27)20-14-17(6-8-21(20)30-4)31(28,29)22-15-25-19-7-5-16(24)13-18(19)22/h5-8,13-15,25H,9-12H2,1-4H3. The molecule has 2 aromatic carbocycles. The Balaban J connectivity index is 1.71. The Morgan fingerprint density at radius 1 is 1.03 bits per heavy atom. The molecule has 1 fully saturated rings. The number of hydrogen-bond acceptors (Lipinski definition) is 5. The maximum atomic E-state index is 13.5. The third-order valence-corrected chi connectivity index (χ3v) is 8.21. The number of nitrogens with one attached hydrogen (secondary N) is 1. The van der Waals surface area contributed by atoms with Crippen LogP contribution in [0.3, 0.4) is 0 Å². The van der Waals surface area contributed by atoms with Gasteiger partial charge in [-0.25, -0.2) is 8.42 Å². The molecule has 2 heterocycles. The molecule has 0 amide bonds. The Morgan fingerprint density at radius 3 is 2.39 bits per heavy atom. The lowest BCUT2D eigenvalue weighted by Gasteiger charge is -2.43. The zero-order chi connectivity index (χ0) is 22.4. The van der Waals surface area contributed by atoms with Gasteiger partial charge in [0.05, 0.1) is 22.6 Å². The van der Waals surface area contributed by atoms with Crippen molar-refractivity contribution in [2.24, 2.45) is 0 Å². The summed E-state index contributed by atoms with van der Waals surface area (Å²) < 4.78 is 33.5. The van der Waals surface area contributed by atoms with Crippen LogP contribution in [0.4, 0.5) is 5.69 Å². The molecule has 1 aromatic heterocycles. The summed E-state index contributed by atoms with van der Waals surface area (Å²) in [7, 11) is -2.08. The van der Waals surface area contributed by atoms with Gasteiger partial charge in [-0.2, -0.15) is 0 Å². The number of halogens is 1. The Kier molecular flexibility index (Phi) is 5.83. The largest absolute Gasteiger partial charge is 0.495 e. The fourth-order valence-corrected chi connectivity index (χ4v) is 5.92. The van der Waals surface area contributed by atoms with Gasteiger partial charge < -0.3 is 14.6 Å². The molecule has 8 heteroatoms. The zero-order valence-corrected chi connectivity index (χ0v) is 20.7. The summed E-state index contributed by atoms with van der Waals surface area (Å²) in [5.41, 5.74) is 1.72. The molecule has 1 aliphatic heterocycles. The second-order valence-corrected chi connectivity index (χ2v) is 11.7. The fraction of sp³-hybridized carbons (Fsp3) is 0.391. The second-order valence-electron chi connectivity index (χ2n) is 8.82. The van der Waals surface area contributed by atoms with E-state index in [9.17, 15) is 8.42 Å². The Morgan fingerprint density at radius 2 is 1.74 bits per heavy atom. The first-order valence-electron chi connectivity index (χ1n) is 10.3. The summed E-state index contributed by atoms with van der Waals surface area (Å²) in [6, 6.07) is 10.7. The van der Waals surface area contributed by atoms with Gasteiger partial charge in [-0.15, -0.1) is 0 Å². The Hall–Kier alpha value is -2.03. The van der Waals surface area contributed by atoms with Gasteiger partial charge in [0.2, 0.25) is 9.84 Å². The van der Waals surface area contributed by atoms with Gasteiger partial charge in [-0.1, -0.05) is 15.9 Å². The van der Waals surface area contributed by atoms with Crippen LogP contribution in [0.15, 0.2) is 56.9 Å². The number of rotatable bonds is 4. The number of ether oxygens (including phenoxy) is 1. The molecule has 0 unspecified atom stereocenters. The van der Waals surface area contributed by atoms with E-state index in [1.54, 1.807) is 31.5 Å². The third kappa shape index (κ3) is 4.21. The average Bonchev–Trinajstić information content (AvgIpc) is 3.16. The molecule has 0 aliphatic carbocycles. The second kappa shape index (κ2) is 8.15. The van der Waals surface area contributed by atoms with Gasteiger partial charge in [-0.05, 0) is 57.2 Å². The number of H-pyrrole nitrogens is 1. The van der Waals surface area contributed by atoms with E-state index in [2.05, 4.69) is 51.5 Å². The van der Waals surface area contributed by atoms with E-state index in [1.165, 1.54) is 0 Å². The smallest absolute Gasteiger partial charge is 0.208 e. The number of aromatic amines is 1. The maximum absolute atomic E-state index is 13.5. The summed E-state index contributed by atoms with van der Waals surface area (Å²) in [5.74, 6) is 0.685. The van der Waals surface area contributed by atoms with E-state index >= 15 is 0 Å². The topological polar surface area (TPSA) is 65.6 Å². The van der Waals surface area contributed by atoms with Crippen molar-refractivity contribution in [1.29, 1.82) is 0 Å². The predicted molar refractivity (Wildman–Crippen MR) is 128 cm³/mol. The quantitative estimate of drug-likeness (QED) is 0.556. The average molecular weight is 506 g/mol. The van der Waals surface area contributed by atoms with Crippen molar-refractivity contribution in [2.75, 3.05) is 38.2 Å². The molecule has 1 aliphatic rings. The van der Waals surface area contributed by atoms with Crippen LogP contribution in [0.5, 0.6) is 5.75 Å². The Labute approximate surface area is 192 Å². The number of anilines is 1. The predicted octanol–water partition coefficient (Wildman–Crippen LogP) is 4.69. The molecule has 1 N–H and O–H groups in total. The molecule has 0 saturated carbocycles. The van der Waals surface area contributed by atoms with Gasteiger partial charge in [0.25, 0.3) is 0 Å². The van der Waals surface area contributed by atoms with E-state index in [0.29, 0.717) is 11.1 Å². The van der Waals surface area contributed by atoms with Crippen LogP contribution in [-0.4, -0.2) is 57.1 Å². The number of fused-ring (bicyclic) bond motifs is 1. The number of sulfone groups is 1. The van der Waals surface area contributed by atoms with Crippen molar-refractivity contribution >= 4 is 42.4 Å². The highest BCUT2D eigenvalue weighted by Crippen LogP contribution is 2.36. The summed E-state index contributed by atoms with van der Waals surface area (Å²) in [6.45, 7) is 10.1. The first-order chi connectivity index (χ1) is 14.6. The fourth-order valence-electron chi connectivity index (χ4n) is 4.12. The molecular formula is C23H28BrN3O3S. The van der Waals surface area contributed by atoms with Gasteiger partial charge in [0.1, 0.15) is 5.75 Å². The molecule has 1 saturated heterocycles. The summed E-state index contributed by atoms with van der Waals surface area (Å²) in [5, 5.41) is 0.672. The van der Waals surface area contributed by atoms with Crippen molar-refractivity contribution in [1.82, 2.24) is 9.88 Å². The number of benzene rings is 2. The van der Waals surface area contributed by atoms with E-state index < -0.39 is 9.84 Å². The van der Waals surface area contributed by atoms with E-state index in [1.807, 2.05) is 18.2 Å². The molecular weight excluding hydrogens is 478 g/mol. The van der Waals surface area contributed by atoms with Crippen LogP contribution in [0.25, 0.3) is 10.9 Å². The van der Waals surface area contributed by atoms with Crippen molar-refractivity contribution in [3.63, 3.8) is 0 Å². The van der Waals surface area contributed by atoms with E-state index in [-0.39, 0.29) is 15.3 Å². The highest BCUT2D eigenvalue weighted by atomic mass is 79.9. The monoisotopic (exact) mass is 505 g/mol. The number of hydrogen-bond donors (Lipinski definition) is 1. The molecule has 0 atom stereocenters. The molecule has 0 spiro atoms. The molecule has 6 nitrogen and oxygen atoms in total. The minimum Gasteiger partial charge on any atom is -0.495 e. The van der Waals surface area contributed by atoms with Gasteiger partial charge >= 0.3 is 0 Å².